The molecule has 4 bridgehead atoms. The van der Waals surface area contributed by atoms with Crippen molar-refractivity contribution >= 4 is 27.6 Å². The predicted molar refractivity (Wildman–Crippen MR) is 146 cm³/mol. The standard InChI is InChI=1S/C27H30F3N7O4S/c1-34-16-18-8-13-36(17-18)24-19(25(38)35(2)42(39,40)23-5-3-4-20(34)31-23)6-7-21(32-24)37-14-9-22(33-37)41-15-12-26(10-11-26)27(28,29)30/h3-7,9,14,18H,8,10-13,15-17H2,1-2H3. The molecule has 6 rings (SSSR count). The Morgan fingerprint density at radius 1 is 1.05 bits per heavy atom. The molecule has 1 aliphatic carbocycles. The van der Waals surface area contributed by atoms with E-state index in [1.54, 1.807) is 18.3 Å². The Kier molecular flexibility index (Phi) is 6.82. The molecule has 3 aromatic rings. The molecule has 0 N–H and O–H groups in total. The average molecular weight is 606 g/mol. The third-order valence-electron chi connectivity index (χ3n) is 8.30. The summed E-state index contributed by atoms with van der Waals surface area (Å²) in [5, 5.41) is 4.09. The maximum Gasteiger partial charge on any atom is 0.394 e. The number of hydrogen-bond acceptors (Lipinski definition) is 9. The second-order valence-corrected chi connectivity index (χ2v) is 13.0. The van der Waals surface area contributed by atoms with Crippen molar-refractivity contribution < 1.29 is 31.1 Å². The highest BCUT2D eigenvalue weighted by Gasteiger charge is 2.62. The zero-order valence-electron chi connectivity index (χ0n) is 23.1. The third-order valence-corrected chi connectivity index (χ3v) is 9.95. The number of rotatable bonds is 5. The summed E-state index contributed by atoms with van der Waals surface area (Å²) in [7, 11) is -1.21. The number of hydrogen-bond donors (Lipinski definition) is 0. The number of carbonyl (C=O) groups excluding carboxylic acids is 1. The van der Waals surface area contributed by atoms with Crippen molar-refractivity contribution in [1.82, 2.24) is 24.1 Å². The molecule has 2 fully saturated rings. The summed E-state index contributed by atoms with van der Waals surface area (Å²) in [6.07, 6.45) is -1.76. The van der Waals surface area contributed by atoms with Gasteiger partial charge in [-0.05, 0) is 55.9 Å². The molecule has 1 saturated heterocycles. The zero-order valence-corrected chi connectivity index (χ0v) is 23.9. The molecule has 42 heavy (non-hydrogen) atoms. The van der Waals surface area contributed by atoms with Gasteiger partial charge < -0.3 is 14.5 Å². The van der Waals surface area contributed by atoms with E-state index in [2.05, 4.69) is 10.1 Å². The Labute approximate surface area is 240 Å². The second kappa shape index (κ2) is 10.1. The van der Waals surface area contributed by atoms with E-state index in [0.717, 1.165) is 6.42 Å². The first-order chi connectivity index (χ1) is 19.9. The van der Waals surface area contributed by atoms with Crippen molar-refractivity contribution in [2.45, 2.75) is 36.9 Å². The number of pyridine rings is 2. The first-order valence-corrected chi connectivity index (χ1v) is 15.0. The number of sulfonamides is 1. The Morgan fingerprint density at radius 2 is 1.83 bits per heavy atom. The van der Waals surface area contributed by atoms with Gasteiger partial charge in [0, 0.05) is 46.0 Å². The lowest BCUT2D eigenvalue weighted by Gasteiger charge is -2.24. The van der Waals surface area contributed by atoms with Crippen LogP contribution in [0.4, 0.5) is 24.8 Å². The molecular weight excluding hydrogens is 575 g/mol. The van der Waals surface area contributed by atoms with E-state index >= 15 is 0 Å². The molecular formula is C27H30F3N7O4S. The van der Waals surface area contributed by atoms with Crippen LogP contribution in [-0.4, -0.2) is 84.9 Å². The highest BCUT2D eigenvalue weighted by atomic mass is 32.2. The average Bonchev–Trinajstić information content (AvgIpc) is 3.39. The van der Waals surface area contributed by atoms with Crippen LogP contribution in [0.3, 0.4) is 0 Å². The largest absolute Gasteiger partial charge is 0.477 e. The first-order valence-electron chi connectivity index (χ1n) is 13.6. The van der Waals surface area contributed by atoms with Gasteiger partial charge >= 0.3 is 6.18 Å². The number of alkyl halides is 3. The lowest BCUT2D eigenvalue weighted by atomic mass is 10.0. The number of anilines is 2. The van der Waals surface area contributed by atoms with Crippen molar-refractivity contribution in [2.75, 3.05) is 50.1 Å². The molecule has 1 saturated carbocycles. The van der Waals surface area contributed by atoms with Crippen LogP contribution in [0.5, 0.6) is 5.88 Å². The molecule has 1 unspecified atom stereocenters. The van der Waals surface area contributed by atoms with E-state index in [9.17, 15) is 26.4 Å². The van der Waals surface area contributed by atoms with Gasteiger partial charge in [-0.25, -0.2) is 19.0 Å². The van der Waals surface area contributed by atoms with Gasteiger partial charge in [0.25, 0.3) is 15.9 Å². The fourth-order valence-electron chi connectivity index (χ4n) is 5.50. The van der Waals surface area contributed by atoms with Crippen molar-refractivity contribution in [3.05, 3.63) is 48.2 Å². The van der Waals surface area contributed by atoms with Gasteiger partial charge in [0.1, 0.15) is 11.6 Å². The minimum atomic E-state index is -4.26. The van der Waals surface area contributed by atoms with E-state index in [1.165, 1.54) is 36.0 Å². The van der Waals surface area contributed by atoms with E-state index in [1.807, 2.05) is 16.8 Å². The summed E-state index contributed by atoms with van der Waals surface area (Å²) >= 11 is 0. The van der Waals surface area contributed by atoms with Crippen LogP contribution in [0.1, 0.15) is 36.0 Å². The Bertz CT molecular complexity index is 1620. The quantitative estimate of drug-likeness (QED) is 0.431. The predicted octanol–water partition coefficient (Wildman–Crippen LogP) is 3.51. The van der Waals surface area contributed by atoms with Crippen LogP contribution in [0.2, 0.25) is 0 Å². The second-order valence-electron chi connectivity index (χ2n) is 11.1. The molecule has 3 aliphatic rings. The van der Waals surface area contributed by atoms with Gasteiger partial charge in [-0.3, -0.25) is 4.79 Å². The number of amides is 1. The van der Waals surface area contributed by atoms with E-state index in [4.69, 9.17) is 9.72 Å². The minimum absolute atomic E-state index is 0.110. The minimum Gasteiger partial charge on any atom is -0.477 e. The lowest BCUT2D eigenvalue weighted by Crippen LogP contribution is -2.35. The Hall–Kier alpha value is -3.88. The number of aromatic nitrogens is 4. The van der Waals surface area contributed by atoms with Crippen LogP contribution in [0.25, 0.3) is 5.82 Å². The van der Waals surface area contributed by atoms with Crippen LogP contribution in [-0.2, 0) is 10.0 Å². The SMILES string of the molecule is CN1CC2CCN(C2)c2nc(-n3ccc(OCCC4(C(F)(F)F)CC4)n3)ccc2C(=O)N(C)S(=O)(=O)c2cccc1n2. The maximum absolute atomic E-state index is 13.6. The Balaban J connectivity index is 1.29. The topological polar surface area (TPSA) is 114 Å². The van der Waals surface area contributed by atoms with Gasteiger partial charge in [0.15, 0.2) is 10.8 Å². The van der Waals surface area contributed by atoms with Gasteiger partial charge in [0.2, 0.25) is 5.88 Å². The number of fused-ring (bicyclic) bond motifs is 6. The third kappa shape index (κ3) is 5.03. The molecule has 0 spiro atoms. The monoisotopic (exact) mass is 605 g/mol. The molecule has 15 heteroatoms. The number of halogens is 3. The number of nitrogens with zero attached hydrogens (tertiary/aromatic N) is 7. The molecule has 5 heterocycles. The highest BCUT2D eigenvalue weighted by Crippen LogP contribution is 2.59. The normalized spacial score (nSPS) is 21.3. The van der Waals surface area contributed by atoms with Crippen molar-refractivity contribution in [1.29, 1.82) is 0 Å². The Morgan fingerprint density at radius 3 is 2.57 bits per heavy atom. The maximum atomic E-state index is 13.6. The lowest BCUT2D eigenvalue weighted by molar-refractivity contribution is -0.190. The molecule has 3 aromatic heterocycles. The van der Waals surface area contributed by atoms with Gasteiger partial charge in [-0.15, -0.1) is 5.10 Å². The molecule has 1 atom stereocenters. The number of ether oxygens (including phenoxy) is 1. The summed E-state index contributed by atoms with van der Waals surface area (Å²) in [6, 6.07) is 9.28. The molecule has 1 amide bonds. The first kappa shape index (κ1) is 28.2. The van der Waals surface area contributed by atoms with E-state index in [0.29, 0.717) is 41.4 Å². The molecule has 0 aromatic carbocycles. The van der Waals surface area contributed by atoms with Crippen molar-refractivity contribution in [3.8, 4) is 11.7 Å². The van der Waals surface area contributed by atoms with Crippen LogP contribution in [0, 0.1) is 11.3 Å². The van der Waals surface area contributed by atoms with Gasteiger partial charge in [-0.2, -0.15) is 21.6 Å². The van der Waals surface area contributed by atoms with E-state index in [-0.39, 0.29) is 48.3 Å². The summed E-state index contributed by atoms with van der Waals surface area (Å²) in [5.74, 6) is 0.765. The van der Waals surface area contributed by atoms with Crippen LogP contribution >= 0.6 is 0 Å². The van der Waals surface area contributed by atoms with E-state index < -0.39 is 27.5 Å². The van der Waals surface area contributed by atoms with Gasteiger partial charge in [0.05, 0.1) is 17.6 Å². The number of carbonyl (C=O) groups is 1. The van der Waals surface area contributed by atoms with Crippen LogP contribution < -0.4 is 14.5 Å². The molecule has 11 nitrogen and oxygen atoms in total. The molecule has 0 radical (unpaired) electrons. The summed E-state index contributed by atoms with van der Waals surface area (Å²) in [6.45, 7) is 1.70. The molecule has 2 aliphatic heterocycles. The highest BCUT2D eigenvalue weighted by molar-refractivity contribution is 7.89. The summed E-state index contributed by atoms with van der Waals surface area (Å²) < 4.78 is 74.0. The fourth-order valence-corrected chi connectivity index (χ4v) is 6.55. The molecule has 224 valence electrons. The smallest absolute Gasteiger partial charge is 0.394 e. The summed E-state index contributed by atoms with van der Waals surface area (Å²) in [4.78, 5) is 26.6. The van der Waals surface area contributed by atoms with Gasteiger partial charge in [-0.1, -0.05) is 6.07 Å². The zero-order chi connectivity index (χ0) is 29.9. The fraction of sp³-hybridized carbons (Fsp3) is 0.481. The van der Waals surface area contributed by atoms with Crippen LogP contribution in [0.15, 0.2) is 47.6 Å². The van der Waals surface area contributed by atoms with Crippen molar-refractivity contribution in [3.63, 3.8) is 0 Å². The van der Waals surface area contributed by atoms with Crippen molar-refractivity contribution in [2.24, 2.45) is 11.3 Å². The summed E-state index contributed by atoms with van der Waals surface area (Å²) in [5.41, 5.74) is -1.55.